The first-order valence-electron chi connectivity index (χ1n) is 8.20. The lowest BCUT2D eigenvalue weighted by atomic mass is 9.95. The van der Waals surface area contributed by atoms with E-state index in [1.807, 2.05) is 0 Å². The Labute approximate surface area is 152 Å². The first kappa shape index (κ1) is 16.5. The van der Waals surface area contributed by atoms with Crippen LogP contribution in [0.1, 0.15) is 50.1 Å². The number of aldehydes is 1. The summed E-state index contributed by atoms with van der Waals surface area (Å²) < 4.78 is 5.36. The van der Waals surface area contributed by atoms with Gasteiger partial charge in [-0.2, -0.15) is 4.98 Å². The topological polar surface area (TPSA) is 111 Å². The molecule has 3 aromatic rings. The molecule has 1 aliphatic carbocycles. The van der Waals surface area contributed by atoms with Gasteiger partial charge in [-0.1, -0.05) is 5.16 Å². The minimum atomic E-state index is -0.490. The van der Waals surface area contributed by atoms with Crippen LogP contribution in [-0.2, 0) is 12.8 Å². The van der Waals surface area contributed by atoms with Crippen molar-refractivity contribution in [1.82, 2.24) is 20.1 Å². The molecule has 0 fully saturated rings. The molecule has 3 heterocycles. The zero-order valence-electron chi connectivity index (χ0n) is 14.0. The highest BCUT2D eigenvalue weighted by Crippen LogP contribution is 2.43. The van der Waals surface area contributed by atoms with E-state index in [0.29, 0.717) is 23.0 Å². The second-order valence-corrected chi connectivity index (χ2v) is 7.03. The molecular weight excluding hydrogens is 354 g/mol. The number of aromatic nitrogens is 4. The number of fused-ring (bicyclic) bond motifs is 1. The van der Waals surface area contributed by atoms with Gasteiger partial charge in [0.1, 0.15) is 10.7 Å². The number of aryl methyl sites for hydroxylation is 2. The van der Waals surface area contributed by atoms with Crippen LogP contribution in [0.2, 0.25) is 0 Å². The molecule has 0 aromatic carbocycles. The molecule has 8 nitrogen and oxygen atoms in total. The normalized spacial score (nSPS) is 13.3. The molecule has 0 radical (unpaired) electrons. The van der Waals surface area contributed by atoms with Crippen molar-refractivity contribution in [3.8, 4) is 11.5 Å². The minimum absolute atomic E-state index is 0.00139. The minimum Gasteiger partial charge on any atom is -0.334 e. The van der Waals surface area contributed by atoms with Gasteiger partial charge in [0.15, 0.2) is 17.8 Å². The van der Waals surface area contributed by atoms with Crippen LogP contribution in [0, 0.1) is 6.92 Å². The largest absolute Gasteiger partial charge is 0.334 e. The van der Waals surface area contributed by atoms with E-state index in [1.54, 1.807) is 6.92 Å². The summed E-state index contributed by atoms with van der Waals surface area (Å²) in [6.07, 6.45) is 7.33. The lowest BCUT2D eigenvalue weighted by Crippen LogP contribution is -2.16. The predicted molar refractivity (Wildman–Crippen MR) is 94.4 cm³/mol. The number of hydrogen-bond donors (Lipinski definition) is 1. The van der Waals surface area contributed by atoms with Gasteiger partial charge in [0.25, 0.3) is 11.8 Å². The molecule has 3 aromatic heterocycles. The fourth-order valence-electron chi connectivity index (χ4n) is 3.05. The summed E-state index contributed by atoms with van der Waals surface area (Å²) in [7, 11) is 0. The number of rotatable bonds is 4. The number of carbonyl (C=O) groups excluding carboxylic acids is 2. The Bertz CT molecular complexity index is 994. The molecule has 0 atom stereocenters. The van der Waals surface area contributed by atoms with Crippen molar-refractivity contribution in [2.24, 2.45) is 0 Å². The van der Waals surface area contributed by atoms with E-state index in [9.17, 15) is 9.59 Å². The van der Waals surface area contributed by atoms with Crippen molar-refractivity contribution in [1.29, 1.82) is 0 Å². The van der Waals surface area contributed by atoms with Gasteiger partial charge in [0.05, 0.1) is 5.56 Å². The summed E-state index contributed by atoms with van der Waals surface area (Å²) in [4.78, 5) is 37.2. The Kier molecular flexibility index (Phi) is 4.29. The number of thiophene rings is 1. The monoisotopic (exact) mass is 369 g/mol. The average Bonchev–Trinajstić information content (AvgIpc) is 3.24. The molecule has 0 saturated carbocycles. The van der Waals surface area contributed by atoms with Crippen LogP contribution in [0.5, 0.6) is 0 Å². The van der Waals surface area contributed by atoms with E-state index in [1.165, 1.54) is 28.6 Å². The molecule has 1 N–H and O–H groups in total. The summed E-state index contributed by atoms with van der Waals surface area (Å²) in [5, 5.41) is 7.35. The molecule has 0 unspecified atom stereocenters. The quantitative estimate of drug-likeness (QED) is 0.704. The van der Waals surface area contributed by atoms with Crippen LogP contribution < -0.4 is 5.32 Å². The third-order valence-corrected chi connectivity index (χ3v) is 5.40. The Morgan fingerprint density at radius 3 is 2.85 bits per heavy atom. The molecule has 0 spiro atoms. The number of nitrogens with zero attached hydrogens (tertiary/aromatic N) is 4. The van der Waals surface area contributed by atoms with Crippen molar-refractivity contribution < 1.29 is 14.1 Å². The second-order valence-electron chi connectivity index (χ2n) is 5.92. The lowest BCUT2D eigenvalue weighted by molar-refractivity contribution is 0.101. The van der Waals surface area contributed by atoms with Gasteiger partial charge in [-0.25, -0.2) is 9.97 Å². The van der Waals surface area contributed by atoms with Crippen LogP contribution in [0.4, 0.5) is 5.00 Å². The van der Waals surface area contributed by atoms with Crippen LogP contribution in [0.25, 0.3) is 11.5 Å². The smallest absolute Gasteiger partial charge is 0.277 e. The number of carbonyl (C=O) groups is 2. The van der Waals surface area contributed by atoms with Crippen molar-refractivity contribution in [2.45, 2.75) is 32.6 Å². The van der Waals surface area contributed by atoms with Crippen molar-refractivity contribution >= 4 is 28.5 Å². The number of nitrogens with one attached hydrogen (secondary N) is 1. The van der Waals surface area contributed by atoms with Gasteiger partial charge < -0.3 is 9.84 Å². The van der Waals surface area contributed by atoms with E-state index < -0.39 is 5.91 Å². The summed E-state index contributed by atoms with van der Waals surface area (Å²) in [6.45, 7) is 1.75. The molecule has 0 bridgehead atoms. The highest BCUT2D eigenvalue weighted by molar-refractivity contribution is 7.17. The Morgan fingerprint density at radius 1 is 1.27 bits per heavy atom. The van der Waals surface area contributed by atoms with Crippen molar-refractivity contribution in [2.75, 3.05) is 5.32 Å². The van der Waals surface area contributed by atoms with E-state index in [4.69, 9.17) is 4.52 Å². The van der Waals surface area contributed by atoms with E-state index in [0.717, 1.165) is 36.8 Å². The summed E-state index contributed by atoms with van der Waals surface area (Å²) >= 11 is 1.51. The SMILES string of the molecule is Cc1noc(-c2c(NC(=O)c3nccnc3C=O)sc3c2CCCC3)n1. The maximum atomic E-state index is 12.7. The predicted octanol–water partition coefficient (Wildman–Crippen LogP) is 2.84. The lowest BCUT2D eigenvalue weighted by Gasteiger charge is -2.11. The third-order valence-electron chi connectivity index (χ3n) is 4.19. The van der Waals surface area contributed by atoms with Crippen LogP contribution >= 0.6 is 11.3 Å². The first-order valence-corrected chi connectivity index (χ1v) is 9.01. The second kappa shape index (κ2) is 6.75. The summed E-state index contributed by atoms with van der Waals surface area (Å²) in [5.41, 5.74) is 1.91. The van der Waals surface area contributed by atoms with Crippen LogP contribution in [0.3, 0.4) is 0 Å². The zero-order chi connectivity index (χ0) is 18.1. The molecule has 26 heavy (non-hydrogen) atoms. The Hall–Kier alpha value is -2.94. The molecule has 0 saturated heterocycles. The average molecular weight is 369 g/mol. The van der Waals surface area contributed by atoms with Gasteiger partial charge in [0.2, 0.25) is 0 Å². The zero-order valence-corrected chi connectivity index (χ0v) is 14.8. The standard InChI is InChI=1S/C17H15N5O3S/c1-9-20-16(25-22-9)13-10-4-2-3-5-12(10)26-17(13)21-15(24)14-11(8-23)18-6-7-19-14/h6-8H,2-5H2,1H3,(H,21,24). The number of anilines is 1. The number of amides is 1. The fourth-order valence-corrected chi connectivity index (χ4v) is 4.33. The summed E-state index contributed by atoms with van der Waals surface area (Å²) in [5.74, 6) is 0.438. The highest BCUT2D eigenvalue weighted by Gasteiger charge is 2.27. The molecular formula is C17H15N5O3S. The number of hydrogen-bond acceptors (Lipinski definition) is 8. The van der Waals surface area contributed by atoms with Crippen molar-refractivity contribution in [3.63, 3.8) is 0 Å². The maximum absolute atomic E-state index is 12.7. The van der Waals surface area contributed by atoms with Gasteiger partial charge >= 0.3 is 0 Å². The van der Waals surface area contributed by atoms with Gasteiger partial charge in [0, 0.05) is 17.3 Å². The molecule has 9 heteroatoms. The van der Waals surface area contributed by atoms with Crippen LogP contribution in [0.15, 0.2) is 16.9 Å². The van der Waals surface area contributed by atoms with Gasteiger partial charge in [-0.15, -0.1) is 11.3 Å². The molecule has 0 aliphatic heterocycles. The van der Waals surface area contributed by atoms with Crippen LogP contribution in [-0.4, -0.2) is 32.3 Å². The molecule has 1 amide bonds. The molecule has 1 aliphatic rings. The maximum Gasteiger partial charge on any atom is 0.277 e. The van der Waals surface area contributed by atoms with E-state index in [-0.39, 0.29) is 11.4 Å². The Morgan fingerprint density at radius 2 is 2.08 bits per heavy atom. The highest BCUT2D eigenvalue weighted by atomic mass is 32.1. The fraction of sp³-hybridized carbons (Fsp3) is 0.294. The Balaban J connectivity index is 1.75. The van der Waals surface area contributed by atoms with Crippen molar-refractivity contribution in [3.05, 3.63) is 40.0 Å². The molecule has 4 rings (SSSR count). The first-order chi connectivity index (χ1) is 12.7. The van der Waals surface area contributed by atoms with Gasteiger partial charge in [-0.05, 0) is 38.2 Å². The molecule has 132 valence electrons. The van der Waals surface area contributed by atoms with Gasteiger partial charge in [-0.3, -0.25) is 9.59 Å². The van der Waals surface area contributed by atoms with E-state index in [2.05, 4.69) is 25.4 Å². The summed E-state index contributed by atoms with van der Waals surface area (Å²) in [6, 6.07) is 0. The van der Waals surface area contributed by atoms with E-state index >= 15 is 0 Å². The third kappa shape index (κ3) is 2.90.